The average Bonchev–Trinajstić information content (AvgIpc) is 3.21. The van der Waals surface area contributed by atoms with E-state index in [1.807, 2.05) is 58.9 Å². The molecule has 0 bridgehead atoms. The molecule has 4 N–H and O–H groups in total. The molecule has 2 saturated carbocycles. The van der Waals surface area contributed by atoms with E-state index in [-0.39, 0.29) is 35.5 Å². The SMILES string of the molecule is CC1=CC2C(O)C(C)CCC2C2C(=O)OC(=O)C(C)=C3CC(O)C(C)C3=C2C1/C=C/C=C/C=C(\C)CC(C)CC(O)C(C)C(=O)O. The molecule has 0 aromatic carbocycles. The van der Waals surface area contributed by atoms with E-state index in [2.05, 4.69) is 12.2 Å². The Morgan fingerprint density at radius 3 is 2.46 bits per heavy atom. The van der Waals surface area contributed by atoms with Crippen LogP contribution >= 0.6 is 0 Å². The zero-order valence-electron chi connectivity index (χ0n) is 28.3. The highest BCUT2D eigenvalue weighted by Crippen LogP contribution is 2.53. The van der Waals surface area contributed by atoms with Gasteiger partial charge in [-0.3, -0.25) is 9.59 Å². The summed E-state index contributed by atoms with van der Waals surface area (Å²) in [6, 6.07) is 0. The average molecular weight is 637 g/mol. The second-order valence-electron chi connectivity index (χ2n) is 14.4. The number of aliphatic hydroxyl groups excluding tert-OH is 3. The Labute approximate surface area is 273 Å². The molecule has 2 fully saturated rings. The van der Waals surface area contributed by atoms with Gasteiger partial charge in [-0.05, 0) is 94.3 Å². The Kier molecular flexibility index (Phi) is 11.5. The molecule has 0 aromatic heterocycles. The quantitative estimate of drug-likeness (QED) is 0.107. The molecule has 0 spiro atoms. The molecule has 4 aliphatic rings. The molecule has 0 amide bonds. The van der Waals surface area contributed by atoms with Crippen LogP contribution in [0.25, 0.3) is 0 Å². The number of carboxylic acid groups (broad SMARTS) is 1. The van der Waals surface area contributed by atoms with Crippen molar-refractivity contribution in [1.29, 1.82) is 0 Å². The number of ether oxygens (including phenoxy) is 1. The zero-order chi connectivity index (χ0) is 34.0. The maximum Gasteiger partial charge on any atom is 0.341 e. The van der Waals surface area contributed by atoms with Gasteiger partial charge < -0.3 is 25.2 Å². The predicted octanol–water partition coefficient (Wildman–Crippen LogP) is 5.86. The Bertz CT molecular complexity index is 1390. The molecule has 1 heterocycles. The van der Waals surface area contributed by atoms with Gasteiger partial charge >= 0.3 is 17.9 Å². The summed E-state index contributed by atoms with van der Waals surface area (Å²) in [6.45, 7) is 13.2. The van der Waals surface area contributed by atoms with Crippen LogP contribution in [0, 0.1) is 47.3 Å². The van der Waals surface area contributed by atoms with Crippen LogP contribution in [0.4, 0.5) is 0 Å². The fourth-order valence-electron chi connectivity index (χ4n) is 8.08. The number of carbonyl (C=O) groups excluding carboxylic acids is 2. The van der Waals surface area contributed by atoms with Gasteiger partial charge in [-0.1, -0.05) is 68.4 Å². The number of esters is 2. The minimum absolute atomic E-state index is 0.0779. The lowest BCUT2D eigenvalue weighted by molar-refractivity contribution is -0.162. The molecule has 8 heteroatoms. The van der Waals surface area contributed by atoms with Crippen molar-refractivity contribution in [1.82, 2.24) is 0 Å². The second kappa shape index (κ2) is 14.8. The van der Waals surface area contributed by atoms with Gasteiger partial charge in [-0.2, -0.15) is 0 Å². The van der Waals surface area contributed by atoms with Crippen molar-refractivity contribution < 1.29 is 39.5 Å². The van der Waals surface area contributed by atoms with Gasteiger partial charge in [0.25, 0.3) is 0 Å². The molecular formula is C38H52O8. The highest BCUT2D eigenvalue weighted by molar-refractivity contribution is 5.99. The highest BCUT2D eigenvalue weighted by Gasteiger charge is 2.51. The summed E-state index contributed by atoms with van der Waals surface area (Å²) in [6.07, 6.45) is 12.7. The van der Waals surface area contributed by atoms with Crippen molar-refractivity contribution in [3.63, 3.8) is 0 Å². The van der Waals surface area contributed by atoms with Gasteiger partial charge in [-0.25, -0.2) is 4.79 Å². The van der Waals surface area contributed by atoms with Gasteiger partial charge in [0.2, 0.25) is 0 Å². The van der Waals surface area contributed by atoms with Gasteiger partial charge in [-0.15, -0.1) is 0 Å². The summed E-state index contributed by atoms with van der Waals surface area (Å²) in [7, 11) is 0. The first-order valence-electron chi connectivity index (χ1n) is 16.8. The maximum absolute atomic E-state index is 13.9. The lowest BCUT2D eigenvalue weighted by Gasteiger charge is -2.41. The van der Waals surface area contributed by atoms with E-state index in [0.29, 0.717) is 18.4 Å². The number of cyclic esters (lactones) is 2. The highest BCUT2D eigenvalue weighted by atomic mass is 16.6. The van der Waals surface area contributed by atoms with E-state index in [4.69, 9.17) is 9.84 Å². The number of aliphatic carboxylic acids is 1. The number of allylic oxidation sites excluding steroid dienone is 7. The Hall–Kier alpha value is -3.07. The standard InChI is InChI=1S/C38H52O8/c1-19(15-20(2)16-30(39)25(7)36(42)43)11-9-8-10-12-26-22(4)17-29-27(14-13-21(3)35(29)41)34-33(26)32-24(6)31(40)18-28(32)23(5)37(44)46-38(34)45/h8-12,17,20-21,24-27,29-31,34-35,39-41H,13-16,18H2,1-7H3,(H,42,43)/b9-8+,12-10+,19-11+,28-23?,33-32?. The van der Waals surface area contributed by atoms with Crippen LogP contribution in [0.1, 0.15) is 80.6 Å². The molecule has 0 saturated heterocycles. The summed E-state index contributed by atoms with van der Waals surface area (Å²) in [5.41, 5.74) is 4.99. The van der Waals surface area contributed by atoms with Gasteiger partial charge in [0.05, 0.1) is 30.1 Å². The fourth-order valence-corrected chi connectivity index (χ4v) is 8.08. The molecule has 1 aliphatic heterocycles. The topological polar surface area (TPSA) is 141 Å². The van der Waals surface area contributed by atoms with Crippen LogP contribution in [0.3, 0.4) is 0 Å². The lowest BCUT2D eigenvalue weighted by Crippen LogP contribution is -2.43. The monoisotopic (exact) mass is 636 g/mol. The number of carbonyl (C=O) groups is 3. The lowest BCUT2D eigenvalue weighted by atomic mass is 9.65. The van der Waals surface area contributed by atoms with Gasteiger partial charge in [0, 0.05) is 23.3 Å². The minimum atomic E-state index is -1.00. The molecule has 4 rings (SSSR count). The van der Waals surface area contributed by atoms with Crippen molar-refractivity contribution in [2.45, 2.75) is 98.9 Å². The molecule has 8 nitrogen and oxygen atoms in total. The van der Waals surface area contributed by atoms with E-state index in [1.54, 1.807) is 6.92 Å². The Balaban J connectivity index is 1.69. The first-order valence-corrected chi connectivity index (χ1v) is 16.8. The molecule has 3 aliphatic carbocycles. The smallest absolute Gasteiger partial charge is 0.341 e. The van der Waals surface area contributed by atoms with E-state index < -0.39 is 48.1 Å². The Morgan fingerprint density at radius 2 is 1.78 bits per heavy atom. The first-order chi connectivity index (χ1) is 21.6. The van der Waals surface area contributed by atoms with Crippen molar-refractivity contribution >= 4 is 17.9 Å². The summed E-state index contributed by atoms with van der Waals surface area (Å²) in [5.74, 6) is -4.64. The minimum Gasteiger partial charge on any atom is -0.481 e. The van der Waals surface area contributed by atoms with Crippen LogP contribution < -0.4 is 0 Å². The molecule has 11 atom stereocenters. The van der Waals surface area contributed by atoms with Crippen molar-refractivity contribution in [2.24, 2.45) is 47.3 Å². The second-order valence-corrected chi connectivity index (χ2v) is 14.4. The molecule has 11 unspecified atom stereocenters. The molecular weight excluding hydrogens is 584 g/mol. The molecule has 0 radical (unpaired) electrons. The van der Waals surface area contributed by atoms with Gasteiger partial charge in [0.1, 0.15) is 0 Å². The first kappa shape index (κ1) is 35.8. The van der Waals surface area contributed by atoms with E-state index >= 15 is 0 Å². The van der Waals surface area contributed by atoms with Crippen LogP contribution in [-0.4, -0.2) is 56.6 Å². The number of hydrogen-bond acceptors (Lipinski definition) is 7. The third kappa shape index (κ3) is 7.40. The van der Waals surface area contributed by atoms with Crippen molar-refractivity contribution in [3.05, 3.63) is 69.9 Å². The summed E-state index contributed by atoms with van der Waals surface area (Å²) >= 11 is 0. The molecule has 46 heavy (non-hydrogen) atoms. The van der Waals surface area contributed by atoms with Crippen LogP contribution in [0.5, 0.6) is 0 Å². The molecule has 0 aromatic rings. The van der Waals surface area contributed by atoms with E-state index in [1.165, 1.54) is 6.92 Å². The largest absolute Gasteiger partial charge is 0.481 e. The number of fused-ring (bicyclic) bond motifs is 4. The van der Waals surface area contributed by atoms with E-state index in [9.17, 15) is 29.7 Å². The zero-order valence-corrected chi connectivity index (χ0v) is 28.3. The van der Waals surface area contributed by atoms with Crippen molar-refractivity contribution in [2.75, 3.05) is 0 Å². The summed E-state index contributed by atoms with van der Waals surface area (Å²) < 4.78 is 5.50. The molecule has 252 valence electrons. The predicted molar refractivity (Wildman–Crippen MR) is 176 cm³/mol. The normalized spacial score (nSPS) is 34.3. The number of hydrogen-bond donors (Lipinski definition) is 4. The van der Waals surface area contributed by atoms with Gasteiger partial charge in [0.15, 0.2) is 0 Å². The summed E-state index contributed by atoms with van der Waals surface area (Å²) in [4.78, 5) is 38.1. The van der Waals surface area contributed by atoms with Crippen LogP contribution in [0.2, 0.25) is 0 Å². The van der Waals surface area contributed by atoms with Crippen LogP contribution in [-0.2, 0) is 19.1 Å². The van der Waals surface area contributed by atoms with Crippen LogP contribution in [0.15, 0.2) is 69.9 Å². The maximum atomic E-state index is 13.9. The number of carboxylic acids is 1. The summed E-state index contributed by atoms with van der Waals surface area (Å²) in [5, 5.41) is 41.7. The number of aliphatic hydroxyl groups is 3. The Morgan fingerprint density at radius 1 is 1.09 bits per heavy atom. The third-order valence-electron chi connectivity index (χ3n) is 10.9. The van der Waals surface area contributed by atoms with Crippen molar-refractivity contribution in [3.8, 4) is 0 Å². The number of rotatable bonds is 9. The third-order valence-corrected chi connectivity index (χ3v) is 10.9. The van der Waals surface area contributed by atoms with E-state index in [0.717, 1.165) is 47.1 Å². The fraction of sp³-hybridized carbons (Fsp3) is 0.605.